The zero-order valence-corrected chi connectivity index (χ0v) is 13.2. The highest BCUT2D eigenvalue weighted by atomic mass is 28.3. The van der Waals surface area contributed by atoms with Crippen molar-refractivity contribution < 1.29 is 0 Å². The molecule has 0 amide bonds. The van der Waals surface area contributed by atoms with Gasteiger partial charge in [-0.05, 0) is 17.2 Å². The van der Waals surface area contributed by atoms with Crippen molar-refractivity contribution >= 4 is 19.0 Å². The Kier molecular flexibility index (Phi) is 2.31. The number of benzene rings is 2. The summed E-state index contributed by atoms with van der Waals surface area (Å²) in [5, 5.41) is 1.41. The first-order valence-corrected chi connectivity index (χ1v) is 10.8. The summed E-state index contributed by atoms with van der Waals surface area (Å²) in [7, 11) is -1.33. The third-order valence-corrected chi connectivity index (χ3v) is 6.77. The van der Waals surface area contributed by atoms with Crippen LogP contribution in [0.25, 0.3) is 22.2 Å². The van der Waals surface area contributed by atoms with E-state index >= 15 is 0 Å². The van der Waals surface area contributed by atoms with Crippen LogP contribution in [0.4, 0.5) is 0 Å². The summed E-state index contributed by atoms with van der Waals surface area (Å²) in [5.74, 6) is 0. The predicted octanol–water partition coefficient (Wildman–Crippen LogP) is 5.16. The quantitative estimate of drug-likeness (QED) is 0.591. The van der Waals surface area contributed by atoms with Crippen LogP contribution in [0.2, 0.25) is 19.6 Å². The summed E-state index contributed by atoms with van der Waals surface area (Å²) in [6.45, 7) is 7.43. The Morgan fingerprint density at radius 1 is 0.900 bits per heavy atom. The molecule has 2 heteroatoms. The number of rotatable bonds is 1. The van der Waals surface area contributed by atoms with E-state index in [0.717, 1.165) is 0 Å². The predicted molar refractivity (Wildman–Crippen MR) is 88.9 cm³/mol. The number of fused-ring (bicyclic) bond motifs is 5. The molecule has 0 saturated carbocycles. The van der Waals surface area contributed by atoms with Gasteiger partial charge in [0.2, 0.25) is 0 Å². The molecule has 20 heavy (non-hydrogen) atoms. The van der Waals surface area contributed by atoms with Crippen LogP contribution < -0.4 is 0 Å². The van der Waals surface area contributed by atoms with Gasteiger partial charge in [-0.15, -0.1) is 0 Å². The van der Waals surface area contributed by atoms with Gasteiger partial charge in [0.1, 0.15) is 0 Å². The molecule has 3 aromatic rings. The Balaban J connectivity index is 2.13. The van der Waals surface area contributed by atoms with Gasteiger partial charge in [0.05, 0.1) is 13.8 Å². The van der Waals surface area contributed by atoms with Crippen molar-refractivity contribution in [3.8, 4) is 11.3 Å². The molecule has 0 saturated heterocycles. The van der Waals surface area contributed by atoms with Gasteiger partial charge >= 0.3 is 0 Å². The largest absolute Gasteiger partial charge is 0.354 e. The van der Waals surface area contributed by atoms with Crippen molar-refractivity contribution in [2.24, 2.45) is 0 Å². The summed E-state index contributed by atoms with van der Waals surface area (Å²) < 4.78 is 0. The molecule has 1 aromatic heterocycles. The maximum Gasteiger partial charge on any atom is 0.0575 e. The van der Waals surface area contributed by atoms with Crippen LogP contribution in [0.15, 0.2) is 48.5 Å². The highest BCUT2D eigenvalue weighted by Gasteiger charge is 2.39. The molecule has 0 radical (unpaired) electrons. The summed E-state index contributed by atoms with van der Waals surface area (Å²) >= 11 is 0. The molecular weight excluding hydrogens is 258 g/mol. The Morgan fingerprint density at radius 2 is 1.60 bits per heavy atom. The normalized spacial score (nSPS) is 17.2. The third-order valence-electron chi connectivity index (χ3n) is 4.44. The third kappa shape index (κ3) is 1.48. The smallest absolute Gasteiger partial charge is 0.0575 e. The Bertz CT molecular complexity index is 808. The summed E-state index contributed by atoms with van der Waals surface area (Å²) in [6, 6.07) is 17.6. The minimum absolute atomic E-state index is 0.602. The Labute approximate surface area is 120 Å². The van der Waals surface area contributed by atoms with Gasteiger partial charge in [0, 0.05) is 22.0 Å². The van der Waals surface area contributed by atoms with Crippen LogP contribution in [0, 0.1) is 0 Å². The van der Waals surface area contributed by atoms with Gasteiger partial charge in [0.25, 0.3) is 0 Å². The van der Waals surface area contributed by atoms with Crippen LogP contribution in [0.3, 0.4) is 0 Å². The van der Waals surface area contributed by atoms with E-state index in [2.05, 4.69) is 73.2 Å². The summed E-state index contributed by atoms with van der Waals surface area (Å²) in [6.07, 6.45) is 0. The molecule has 1 aliphatic rings. The maximum absolute atomic E-state index is 3.66. The number of aromatic nitrogens is 1. The van der Waals surface area contributed by atoms with E-state index in [4.69, 9.17) is 0 Å². The van der Waals surface area contributed by atoms with E-state index in [9.17, 15) is 0 Å². The minimum Gasteiger partial charge on any atom is -0.354 e. The van der Waals surface area contributed by atoms with Gasteiger partial charge in [-0.3, -0.25) is 0 Å². The van der Waals surface area contributed by atoms with Gasteiger partial charge in [-0.25, -0.2) is 0 Å². The van der Waals surface area contributed by atoms with E-state index < -0.39 is 8.07 Å². The summed E-state index contributed by atoms with van der Waals surface area (Å²) in [4.78, 5) is 3.66. The lowest BCUT2D eigenvalue weighted by Gasteiger charge is -2.27. The van der Waals surface area contributed by atoms with E-state index in [-0.39, 0.29) is 0 Å². The van der Waals surface area contributed by atoms with Crippen molar-refractivity contribution in [2.45, 2.75) is 25.2 Å². The highest BCUT2D eigenvalue weighted by Crippen LogP contribution is 2.51. The van der Waals surface area contributed by atoms with Crippen LogP contribution in [0.1, 0.15) is 16.7 Å². The van der Waals surface area contributed by atoms with Gasteiger partial charge in [-0.1, -0.05) is 62.1 Å². The molecule has 0 bridgehead atoms. The first-order chi connectivity index (χ1) is 9.57. The topological polar surface area (TPSA) is 15.8 Å². The number of nitrogens with one attached hydrogen (secondary N) is 1. The zero-order valence-electron chi connectivity index (χ0n) is 12.2. The first-order valence-electron chi connectivity index (χ1n) is 7.27. The molecule has 0 spiro atoms. The standard InChI is InChI=1S/C18H19NSi/c1-20(2,3)18-13-9-5-4-8-12(13)17-16(18)14-10-6-7-11-15(14)19-17/h4-11,18-19H,1-3H3/t18-/m0/s1. The van der Waals surface area contributed by atoms with Crippen molar-refractivity contribution in [1.29, 1.82) is 0 Å². The second kappa shape index (κ2) is 3.86. The molecule has 4 rings (SSSR count). The lowest BCUT2D eigenvalue weighted by molar-refractivity contribution is 1.14. The fraction of sp³-hybridized carbons (Fsp3) is 0.222. The van der Waals surface area contributed by atoms with Crippen molar-refractivity contribution in [2.75, 3.05) is 0 Å². The number of para-hydroxylation sites is 1. The van der Waals surface area contributed by atoms with Crippen LogP contribution in [-0.4, -0.2) is 13.1 Å². The number of hydrogen-bond donors (Lipinski definition) is 1. The Morgan fingerprint density at radius 3 is 2.40 bits per heavy atom. The van der Waals surface area contributed by atoms with Crippen molar-refractivity contribution in [1.82, 2.24) is 4.98 Å². The van der Waals surface area contributed by atoms with E-state index in [1.165, 1.54) is 27.7 Å². The molecule has 1 heterocycles. The van der Waals surface area contributed by atoms with E-state index in [0.29, 0.717) is 5.54 Å². The van der Waals surface area contributed by atoms with Crippen molar-refractivity contribution in [3.63, 3.8) is 0 Å². The van der Waals surface area contributed by atoms with Crippen molar-refractivity contribution in [3.05, 3.63) is 59.7 Å². The zero-order chi connectivity index (χ0) is 13.9. The van der Waals surface area contributed by atoms with Gasteiger partial charge in [-0.2, -0.15) is 0 Å². The molecule has 0 fully saturated rings. The van der Waals surface area contributed by atoms with Crippen LogP contribution in [-0.2, 0) is 0 Å². The number of H-pyrrole nitrogens is 1. The Hall–Kier alpha value is -1.80. The van der Waals surface area contributed by atoms with Crippen LogP contribution in [0.5, 0.6) is 0 Å². The fourth-order valence-corrected chi connectivity index (χ4v) is 6.06. The average molecular weight is 277 g/mol. The molecule has 1 atom stereocenters. The average Bonchev–Trinajstić information content (AvgIpc) is 2.92. The molecule has 100 valence electrons. The fourth-order valence-electron chi connectivity index (χ4n) is 3.71. The maximum atomic E-state index is 3.66. The second-order valence-electron chi connectivity index (χ2n) is 6.85. The van der Waals surface area contributed by atoms with Crippen LogP contribution >= 0.6 is 0 Å². The minimum atomic E-state index is -1.33. The number of hydrogen-bond acceptors (Lipinski definition) is 0. The molecule has 0 unspecified atom stereocenters. The molecule has 2 aromatic carbocycles. The van der Waals surface area contributed by atoms with E-state index in [1.807, 2.05) is 0 Å². The molecular formula is C18H19NSi. The van der Waals surface area contributed by atoms with Gasteiger partial charge < -0.3 is 4.98 Å². The van der Waals surface area contributed by atoms with Gasteiger partial charge in [0.15, 0.2) is 0 Å². The highest BCUT2D eigenvalue weighted by molar-refractivity contribution is 6.78. The molecule has 1 aliphatic carbocycles. The lowest BCUT2D eigenvalue weighted by atomic mass is 10.1. The SMILES string of the molecule is C[Si](C)(C)[C@H]1c2ccccc2-c2[nH]c3ccccc3c21. The van der Waals surface area contributed by atoms with E-state index in [1.54, 1.807) is 5.56 Å². The monoisotopic (exact) mass is 277 g/mol. The molecule has 1 nitrogen and oxygen atoms in total. The molecule has 0 aliphatic heterocycles. The second-order valence-corrected chi connectivity index (χ2v) is 12.2. The summed E-state index contributed by atoms with van der Waals surface area (Å²) in [5.41, 5.74) is 7.71. The molecule has 1 N–H and O–H groups in total. The first kappa shape index (κ1) is 12.0. The lowest BCUT2D eigenvalue weighted by Crippen LogP contribution is -2.30. The number of aromatic amines is 1.